The average Bonchev–Trinajstić information content (AvgIpc) is 2.56. The largest absolute Gasteiger partial charge is 0.389 e. The molecule has 0 spiro atoms. The molecule has 1 atom stereocenters. The van der Waals surface area contributed by atoms with Gasteiger partial charge in [0.2, 0.25) is 0 Å². The minimum absolute atomic E-state index is 0.326. The van der Waals surface area contributed by atoms with Crippen LogP contribution in [0.2, 0.25) is 5.02 Å². The molecule has 2 rings (SSSR count). The van der Waals surface area contributed by atoms with Gasteiger partial charge in [-0.3, -0.25) is 4.90 Å². The third kappa shape index (κ3) is 5.49. The van der Waals surface area contributed by atoms with Crippen LogP contribution in [0.5, 0.6) is 0 Å². The second-order valence-electron chi connectivity index (χ2n) is 6.99. The van der Waals surface area contributed by atoms with E-state index in [9.17, 15) is 5.11 Å². The number of anilines is 1. The molecule has 5 heteroatoms. The first-order valence-electron chi connectivity index (χ1n) is 8.50. The highest BCUT2D eigenvalue weighted by Crippen LogP contribution is 2.25. The van der Waals surface area contributed by atoms with E-state index in [0.717, 1.165) is 31.2 Å². The van der Waals surface area contributed by atoms with Gasteiger partial charge in [-0.2, -0.15) is 0 Å². The Labute approximate surface area is 150 Å². The van der Waals surface area contributed by atoms with E-state index in [1.54, 1.807) is 6.08 Å². The summed E-state index contributed by atoms with van der Waals surface area (Å²) < 4.78 is 5.68. The molecule has 1 aromatic carbocycles. The number of ether oxygens (including phenoxy) is 1. The van der Waals surface area contributed by atoms with Crippen molar-refractivity contribution in [2.75, 3.05) is 44.2 Å². The van der Waals surface area contributed by atoms with Gasteiger partial charge in [0.15, 0.2) is 0 Å². The number of benzene rings is 1. The second kappa shape index (κ2) is 8.34. The van der Waals surface area contributed by atoms with E-state index in [0.29, 0.717) is 13.2 Å². The van der Waals surface area contributed by atoms with Crippen LogP contribution in [-0.2, 0) is 4.74 Å². The molecule has 1 saturated heterocycles. The monoisotopic (exact) mass is 352 g/mol. The SMILES string of the molecule is C=CC(C)(C)OC[C@@H](O)CN1CCN(c2cc(Cl)ccc2C)CC1. The summed E-state index contributed by atoms with van der Waals surface area (Å²) in [5, 5.41) is 11.0. The number of aliphatic hydroxyl groups excluding tert-OH is 1. The van der Waals surface area contributed by atoms with Crippen molar-refractivity contribution in [1.29, 1.82) is 0 Å². The molecule has 1 heterocycles. The number of aryl methyl sites for hydroxylation is 1. The Bertz CT molecular complexity index is 554. The average molecular weight is 353 g/mol. The number of piperazine rings is 1. The van der Waals surface area contributed by atoms with Crippen LogP contribution in [0.1, 0.15) is 19.4 Å². The number of aliphatic hydroxyl groups is 1. The molecule has 4 nitrogen and oxygen atoms in total. The summed E-state index contributed by atoms with van der Waals surface area (Å²) in [5.41, 5.74) is 2.05. The van der Waals surface area contributed by atoms with Crippen LogP contribution in [0.3, 0.4) is 0 Å². The number of halogens is 1. The number of hydrogen-bond acceptors (Lipinski definition) is 4. The van der Waals surface area contributed by atoms with Crippen molar-refractivity contribution >= 4 is 17.3 Å². The first kappa shape index (κ1) is 19.3. The summed E-state index contributed by atoms with van der Waals surface area (Å²) in [5.74, 6) is 0. The van der Waals surface area contributed by atoms with Crippen molar-refractivity contribution in [3.05, 3.63) is 41.4 Å². The summed E-state index contributed by atoms with van der Waals surface area (Å²) in [6.45, 7) is 14.4. The van der Waals surface area contributed by atoms with Gasteiger partial charge in [0.1, 0.15) is 0 Å². The highest BCUT2D eigenvalue weighted by Gasteiger charge is 2.22. The van der Waals surface area contributed by atoms with Crippen molar-refractivity contribution in [2.24, 2.45) is 0 Å². The van der Waals surface area contributed by atoms with E-state index >= 15 is 0 Å². The lowest BCUT2D eigenvalue weighted by atomic mass is 10.1. The molecule has 1 N–H and O–H groups in total. The second-order valence-corrected chi connectivity index (χ2v) is 7.43. The molecule has 1 fully saturated rings. The lowest BCUT2D eigenvalue weighted by Crippen LogP contribution is -2.49. The third-order valence-electron chi connectivity index (χ3n) is 4.49. The first-order chi connectivity index (χ1) is 11.3. The maximum Gasteiger partial charge on any atom is 0.0900 e. The van der Waals surface area contributed by atoms with Gasteiger partial charge in [0.25, 0.3) is 0 Å². The summed E-state index contributed by atoms with van der Waals surface area (Å²) >= 11 is 6.13. The van der Waals surface area contributed by atoms with Crippen molar-refractivity contribution in [1.82, 2.24) is 4.90 Å². The van der Waals surface area contributed by atoms with Gasteiger partial charge < -0.3 is 14.7 Å². The lowest BCUT2D eigenvalue weighted by Gasteiger charge is -2.37. The van der Waals surface area contributed by atoms with Crippen LogP contribution in [0.15, 0.2) is 30.9 Å². The van der Waals surface area contributed by atoms with Gasteiger partial charge in [-0.05, 0) is 38.5 Å². The smallest absolute Gasteiger partial charge is 0.0900 e. The molecule has 1 aromatic rings. The van der Waals surface area contributed by atoms with Crippen LogP contribution in [-0.4, -0.2) is 61.0 Å². The van der Waals surface area contributed by atoms with Crippen molar-refractivity contribution in [2.45, 2.75) is 32.5 Å². The van der Waals surface area contributed by atoms with Gasteiger partial charge in [-0.25, -0.2) is 0 Å². The highest BCUT2D eigenvalue weighted by molar-refractivity contribution is 6.30. The van der Waals surface area contributed by atoms with E-state index in [1.807, 2.05) is 26.0 Å². The predicted octanol–water partition coefficient (Wildman–Crippen LogP) is 3.11. The van der Waals surface area contributed by atoms with Crippen molar-refractivity contribution in [3.8, 4) is 0 Å². The number of nitrogens with zero attached hydrogens (tertiary/aromatic N) is 2. The Morgan fingerprint density at radius 3 is 2.62 bits per heavy atom. The molecule has 134 valence electrons. The van der Waals surface area contributed by atoms with Crippen molar-refractivity contribution < 1.29 is 9.84 Å². The molecular weight excluding hydrogens is 324 g/mol. The molecule has 0 unspecified atom stereocenters. The minimum Gasteiger partial charge on any atom is -0.389 e. The number of hydrogen-bond donors (Lipinski definition) is 1. The molecule has 0 aliphatic carbocycles. The molecular formula is C19H29ClN2O2. The summed E-state index contributed by atoms with van der Waals surface area (Å²) in [4.78, 5) is 4.65. The molecule has 1 aliphatic heterocycles. The Balaban J connectivity index is 1.80. The molecule has 0 saturated carbocycles. The lowest BCUT2D eigenvalue weighted by molar-refractivity contribution is -0.0420. The zero-order chi connectivity index (χ0) is 17.7. The fraction of sp³-hybridized carbons (Fsp3) is 0.579. The zero-order valence-electron chi connectivity index (χ0n) is 15.0. The zero-order valence-corrected chi connectivity index (χ0v) is 15.7. The maximum absolute atomic E-state index is 10.2. The van der Waals surface area contributed by atoms with E-state index < -0.39 is 11.7 Å². The summed E-state index contributed by atoms with van der Waals surface area (Å²) in [6, 6.07) is 6.02. The van der Waals surface area contributed by atoms with Crippen LogP contribution < -0.4 is 4.90 Å². The Hall–Kier alpha value is -1.07. The fourth-order valence-corrected chi connectivity index (χ4v) is 2.98. The molecule has 0 radical (unpaired) electrons. The molecule has 0 aromatic heterocycles. The van der Waals surface area contributed by atoms with Gasteiger partial charge in [-0.15, -0.1) is 6.58 Å². The predicted molar refractivity (Wildman–Crippen MR) is 101 cm³/mol. The van der Waals surface area contributed by atoms with Crippen LogP contribution >= 0.6 is 11.6 Å². The van der Waals surface area contributed by atoms with Crippen LogP contribution in [0.4, 0.5) is 5.69 Å². The normalized spacial score (nSPS) is 17.8. The highest BCUT2D eigenvalue weighted by atomic mass is 35.5. The van der Waals surface area contributed by atoms with E-state index in [4.69, 9.17) is 16.3 Å². The molecule has 24 heavy (non-hydrogen) atoms. The van der Waals surface area contributed by atoms with Gasteiger partial charge in [-0.1, -0.05) is 23.7 Å². The number of β-amino-alcohol motifs (C(OH)–C–C–N with tert-alkyl or cyclic N) is 1. The summed E-state index contributed by atoms with van der Waals surface area (Å²) in [6.07, 6.45) is 1.27. The minimum atomic E-state index is -0.483. The van der Waals surface area contributed by atoms with Crippen LogP contribution in [0, 0.1) is 6.92 Å². The first-order valence-corrected chi connectivity index (χ1v) is 8.87. The van der Waals surface area contributed by atoms with Crippen molar-refractivity contribution in [3.63, 3.8) is 0 Å². The van der Waals surface area contributed by atoms with E-state index in [2.05, 4.69) is 29.4 Å². The number of rotatable bonds is 7. The Morgan fingerprint density at radius 1 is 1.33 bits per heavy atom. The Kier molecular flexibility index (Phi) is 6.70. The molecule has 0 bridgehead atoms. The molecule has 1 aliphatic rings. The van der Waals surface area contributed by atoms with Crippen LogP contribution in [0.25, 0.3) is 0 Å². The maximum atomic E-state index is 10.2. The van der Waals surface area contributed by atoms with E-state index in [-0.39, 0.29) is 0 Å². The van der Waals surface area contributed by atoms with Gasteiger partial charge in [0.05, 0.1) is 18.3 Å². The van der Waals surface area contributed by atoms with E-state index in [1.165, 1.54) is 11.3 Å². The van der Waals surface area contributed by atoms with Gasteiger partial charge >= 0.3 is 0 Å². The molecule has 0 amide bonds. The fourth-order valence-electron chi connectivity index (χ4n) is 2.82. The van der Waals surface area contributed by atoms with Gasteiger partial charge in [0, 0.05) is 43.4 Å². The topological polar surface area (TPSA) is 35.9 Å². The third-order valence-corrected chi connectivity index (χ3v) is 4.73. The quantitative estimate of drug-likeness (QED) is 0.765. The summed E-state index contributed by atoms with van der Waals surface area (Å²) in [7, 11) is 0. The standard InChI is InChI=1S/C19H29ClN2O2/c1-5-19(3,4)24-14-17(23)13-21-8-10-22(11-9-21)18-12-16(20)7-6-15(18)2/h5-7,12,17,23H,1,8-11,13-14H2,2-4H3/t17-/m0/s1. The Morgan fingerprint density at radius 2 is 2.00 bits per heavy atom.